The van der Waals surface area contributed by atoms with Crippen LogP contribution in [0.5, 0.6) is 0 Å². The van der Waals surface area contributed by atoms with Gasteiger partial charge in [-0.2, -0.15) is 0 Å². The van der Waals surface area contributed by atoms with Gasteiger partial charge in [0.25, 0.3) is 0 Å². The van der Waals surface area contributed by atoms with Crippen molar-refractivity contribution >= 4 is 0 Å². The van der Waals surface area contributed by atoms with Gasteiger partial charge in [-0.15, -0.1) is 0 Å². The van der Waals surface area contributed by atoms with Gasteiger partial charge in [0.15, 0.2) is 0 Å². The van der Waals surface area contributed by atoms with E-state index in [-0.39, 0.29) is 0 Å². The Bertz CT molecular complexity index is 218. The molecule has 0 heterocycles. The molecule has 1 saturated carbocycles. The van der Waals surface area contributed by atoms with Gasteiger partial charge in [0.2, 0.25) is 0 Å². The second-order valence-electron chi connectivity index (χ2n) is 5.99. The highest BCUT2D eigenvalue weighted by Gasteiger charge is 2.29. The third-order valence-electron chi connectivity index (χ3n) is 4.30. The highest BCUT2D eigenvalue weighted by atomic mass is 16.5. The molecule has 0 radical (unpaired) electrons. The van der Waals surface area contributed by atoms with Crippen LogP contribution in [0, 0.1) is 11.8 Å². The van der Waals surface area contributed by atoms with E-state index in [4.69, 9.17) is 4.74 Å². The van der Waals surface area contributed by atoms with E-state index in [1.165, 1.54) is 19.3 Å². The highest BCUT2D eigenvalue weighted by Crippen LogP contribution is 2.29. The Labute approximate surface area is 106 Å². The minimum Gasteiger partial charge on any atom is -0.389 e. The molecule has 0 saturated heterocycles. The lowest BCUT2D eigenvalue weighted by molar-refractivity contribution is 0.0185. The average molecular weight is 243 g/mol. The van der Waals surface area contributed by atoms with E-state index in [1.54, 1.807) is 7.11 Å². The lowest BCUT2D eigenvalue weighted by Crippen LogP contribution is -2.47. The number of hydrogen-bond acceptors (Lipinski definition) is 3. The maximum absolute atomic E-state index is 10.2. The minimum absolute atomic E-state index is 0.563. The van der Waals surface area contributed by atoms with Crippen molar-refractivity contribution in [1.29, 1.82) is 0 Å². The van der Waals surface area contributed by atoms with Crippen LogP contribution in [0.3, 0.4) is 0 Å². The number of ether oxygens (including phenoxy) is 1. The zero-order chi connectivity index (χ0) is 12.9. The number of rotatable bonds is 6. The number of aliphatic hydroxyl groups is 1. The van der Waals surface area contributed by atoms with Crippen LogP contribution in [0.2, 0.25) is 0 Å². The number of nitrogens with one attached hydrogen (secondary N) is 1. The third kappa shape index (κ3) is 4.94. The normalized spacial score (nSPS) is 33.4. The van der Waals surface area contributed by atoms with Crippen molar-refractivity contribution < 1.29 is 9.84 Å². The van der Waals surface area contributed by atoms with E-state index < -0.39 is 5.60 Å². The van der Waals surface area contributed by atoms with E-state index in [2.05, 4.69) is 19.2 Å². The molecule has 2 N–H and O–H groups in total. The molecule has 0 aromatic carbocycles. The Morgan fingerprint density at radius 1 is 1.35 bits per heavy atom. The number of hydrogen-bond donors (Lipinski definition) is 2. The van der Waals surface area contributed by atoms with Gasteiger partial charge in [0.1, 0.15) is 0 Å². The fourth-order valence-corrected chi connectivity index (χ4v) is 2.63. The first-order valence-electron chi connectivity index (χ1n) is 6.91. The van der Waals surface area contributed by atoms with E-state index in [0.717, 1.165) is 5.92 Å². The Hall–Kier alpha value is -0.120. The van der Waals surface area contributed by atoms with E-state index in [1.807, 2.05) is 6.92 Å². The number of methoxy groups -OCH3 is 1. The van der Waals surface area contributed by atoms with Crippen LogP contribution in [0.4, 0.5) is 0 Å². The fraction of sp³-hybridized carbons (Fsp3) is 1.00. The summed E-state index contributed by atoms with van der Waals surface area (Å²) in [5, 5.41) is 13.7. The van der Waals surface area contributed by atoms with Crippen LogP contribution < -0.4 is 5.32 Å². The third-order valence-corrected chi connectivity index (χ3v) is 4.30. The van der Waals surface area contributed by atoms with E-state index in [0.29, 0.717) is 31.5 Å². The summed E-state index contributed by atoms with van der Waals surface area (Å²) in [6.07, 6.45) is 4.59. The van der Waals surface area contributed by atoms with Crippen LogP contribution in [-0.4, -0.2) is 37.0 Å². The minimum atomic E-state index is -0.656. The van der Waals surface area contributed by atoms with Crippen LogP contribution in [-0.2, 0) is 4.74 Å². The van der Waals surface area contributed by atoms with Gasteiger partial charge in [0.05, 0.1) is 5.60 Å². The second-order valence-corrected chi connectivity index (χ2v) is 5.99. The van der Waals surface area contributed by atoms with Crippen LogP contribution in [0.1, 0.15) is 46.5 Å². The summed E-state index contributed by atoms with van der Waals surface area (Å²) in [6, 6.07) is 0.563. The summed E-state index contributed by atoms with van der Waals surface area (Å²) in [7, 11) is 1.67. The first-order valence-corrected chi connectivity index (χ1v) is 6.91. The molecule has 0 aliphatic heterocycles. The first kappa shape index (κ1) is 14.9. The van der Waals surface area contributed by atoms with Crippen molar-refractivity contribution in [2.45, 2.75) is 58.1 Å². The molecule has 1 aliphatic carbocycles. The van der Waals surface area contributed by atoms with Gasteiger partial charge in [-0.05, 0) is 25.2 Å². The second kappa shape index (κ2) is 6.72. The van der Waals surface area contributed by atoms with Gasteiger partial charge >= 0.3 is 0 Å². The lowest BCUT2D eigenvalue weighted by atomic mass is 9.78. The molecule has 0 spiro atoms. The summed E-state index contributed by atoms with van der Waals surface area (Å²) in [6.45, 7) is 7.83. The summed E-state index contributed by atoms with van der Waals surface area (Å²) in [4.78, 5) is 0. The predicted octanol–water partition coefficient (Wildman–Crippen LogP) is 2.19. The smallest absolute Gasteiger partial charge is 0.0765 e. The molecule has 1 fully saturated rings. The van der Waals surface area contributed by atoms with Crippen molar-refractivity contribution in [2.75, 3.05) is 20.3 Å². The molecule has 0 bridgehead atoms. The molecule has 3 heteroatoms. The zero-order valence-corrected chi connectivity index (χ0v) is 11.8. The highest BCUT2D eigenvalue weighted by molar-refractivity contribution is 4.85. The van der Waals surface area contributed by atoms with Gasteiger partial charge in [-0.1, -0.05) is 26.7 Å². The quantitative estimate of drug-likeness (QED) is 0.751. The summed E-state index contributed by atoms with van der Waals surface area (Å²) >= 11 is 0. The summed E-state index contributed by atoms with van der Waals surface area (Å²) < 4.78 is 5.02. The average Bonchev–Trinajstić information content (AvgIpc) is 2.29. The van der Waals surface area contributed by atoms with E-state index >= 15 is 0 Å². The van der Waals surface area contributed by atoms with Crippen LogP contribution >= 0.6 is 0 Å². The van der Waals surface area contributed by atoms with Crippen molar-refractivity contribution in [2.24, 2.45) is 11.8 Å². The summed E-state index contributed by atoms with van der Waals surface area (Å²) in [5.41, 5.74) is -0.656. The van der Waals surface area contributed by atoms with E-state index in [9.17, 15) is 5.11 Å². The topological polar surface area (TPSA) is 41.5 Å². The molecule has 102 valence electrons. The monoisotopic (exact) mass is 243 g/mol. The molecule has 0 aromatic heterocycles. The molecular formula is C14H29NO2. The Balaban J connectivity index is 2.33. The molecule has 0 aromatic rings. The largest absolute Gasteiger partial charge is 0.389 e. The molecule has 17 heavy (non-hydrogen) atoms. The molecule has 1 aliphatic rings. The Kier molecular flexibility index (Phi) is 5.90. The fourth-order valence-electron chi connectivity index (χ4n) is 2.63. The molecule has 1 rings (SSSR count). The predicted molar refractivity (Wildman–Crippen MR) is 71.1 cm³/mol. The first-order chi connectivity index (χ1) is 7.96. The molecule has 4 atom stereocenters. The Morgan fingerprint density at radius 2 is 2.06 bits per heavy atom. The van der Waals surface area contributed by atoms with Crippen molar-refractivity contribution in [3.63, 3.8) is 0 Å². The van der Waals surface area contributed by atoms with Crippen molar-refractivity contribution in [1.82, 2.24) is 5.32 Å². The lowest BCUT2D eigenvalue weighted by Gasteiger charge is -2.36. The maximum Gasteiger partial charge on any atom is 0.0765 e. The molecular weight excluding hydrogens is 214 g/mol. The SMILES string of the molecule is COCCC(C)(O)CNC1CCCC(C)C1C. The van der Waals surface area contributed by atoms with Crippen molar-refractivity contribution in [3.8, 4) is 0 Å². The van der Waals surface area contributed by atoms with Crippen molar-refractivity contribution in [3.05, 3.63) is 0 Å². The van der Waals surface area contributed by atoms with Crippen LogP contribution in [0.15, 0.2) is 0 Å². The van der Waals surface area contributed by atoms with Gasteiger partial charge in [-0.25, -0.2) is 0 Å². The Morgan fingerprint density at radius 3 is 2.71 bits per heavy atom. The van der Waals surface area contributed by atoms with Crippen LogP contribution in [0.25, 0.3) is 0 Å². The summed E-state index contributed by atoms with van der Waals surface area (Å²) in [5.74, 6) is 1.51. The van der Waals surface area contributed by atoms with Gasteiger partial charge in [-0.3, -0.25) is 0 Å². The molecule has 0 amide bonds. The zero-order valence-electron chi connectivity index (χ0n) is 11.8. The molecule has 3 nitrogen and oxygen atoms in total. The molecule has 4 unspecified atom stereocenters. The van der Waals surface area contributed by atoms with Gasteiger partial charge < -0.3 is 15.2 Å². The maximum atomic E-state index is 10.2. The standard InChI is InChI=1S/C14H29NO2/c1-11-6-5-7-13(12(11)2)15-10-14(3,16)8-9-17-4/h11-13,15-16H,5-10H2,1-4H3. The van der Waals surface area contributed by atoms with Gasteiger partial charge in [0, 0.05) is 32.7 Å².